The van der Waals surface area contributed by atoms with E-state index < -0.39 is 150 Å². The Labute approximate surface area is 445 Å². The number of allylic oxidation sites excluding steroid dienone is 3. The first-order valence-electron chi connectivity index (χ1n) is 26.1. The standard InChI is InChI=1S/C52H75N7O15.C2H6/c1-11-28(5)40-47(66)58-43-34-18-20-35(21-19-34)74-32(9)52(71,12-2)23-22-38(61)53-25-39(62)72-26-36(51(70)73-31(8)42(49(68)55-40)57-45(64)29(6)44(63)27(3)4)54-48(67)41(30(7)60)56-46(65)37(59(10)50(43)69)24-33-16-14-13-15-17-33;1-2/h13-18,20,22-23,27-32,36-37,40-44,60,63,71H,11-12,19,21,24-26H2,1-10H3,(H,53,61)(H,54,67)(H,55,68)(H,56,65)(H,57,64)(H,58,66);1-2H3/b23-22+;/t28-,29+,30+,31+,32+,36-,37-,40+,41+,42-,43-,44+,52+;/m0./s1. The molecule has 7 amide bonds. The number of fused-ring (bicyclic) bond motifs is 11. The summed E-state index contributed by atoms with van der Waals surface area (Å²) >= 11 is 0. The van der Waals surface area contributed by atoms with Gasteiger partial charge in [0.15, 0.2) is 6.04 Å². The second kappa shape index (κ2) is 29.6. The van der Waals surface area contributed by atoms with Gasteiger partial charge in [-0.1, -0.05) is 98.2 Å². The second-order valence-electron chi connectivity index (χ2n) is 19.6. The van der Waals surface area contributed by atoms with Crippen molar-refractivity contribution in [2.24, 2.45) is 17.8 Å². The molecule has 76 heavy (non-hydrogen) atoms. The summed E-state index contributed by atoms with van der Waals surface area (Å²) in [6, 6.07) is -1.38. The highest BCUT2D eigenvalue weighted by atomic mass is 16.6. The van der Waals surface area contributed by atoms with Gasteiger partial charge >= 0.3 is 11.9 Å². The monoisotopic (exact) mass is 1070 g/mol. The zero-order chi connectivity index (χ0) is 57.2. The largest absolute Gasteiger partial charge is 0.492 e. The molecular weight excluding hydrogens is 987 g/mol. The van der Waals surface area contributed by atoms with Gasteiger partial charge in [-0.05, 0) is 68.7 Å². The predicted molar refractivity (Wildman–Crippen MR) is 279 cm³/mol. The Hall–Kier alpha value is -6.65. The van der Waals surface area contributed by atoms with E-state index in [4.69, 9.17) is 14.2 Å². The van der Waals surface area contributed by atoms with E-state index in [0.29, 0.717) is 23.3 Å². The van der Waals surface area contributed by atoms with Crippen LogP contribution in [0.25, 0.3) is 0 Å². The van der Waals surface area contributed by atoms with Gasteiger partial charge in [0.2, 0.25) is 41.4 Å². The lowest BCUT2D eigenvalue weighted by atomic mass is 9.92. The lowest BCUT2D eigenvalue weighted by Gasteiger charge is -2.35. The lowest BCUT2D eigenvalue weighted by Crippen LogP contribution is -2.62. The van der Waals surface area contributed by atoms with E-state index in [2.05, 4.69) is 31.9 Å². The number of carbonyl (C=O) groups excluding carboxylic acids is 9. The molecule has 0 spiro atoms. The highest BCUT2D eigenvalue weighted by Gasteiger charge is 2.42. The molecule has 4 bridgehead atoms. The van der Waals surface area contributed by atoms with Crippen LogP contribution in [0.5, 0.6) is 0 Å². The fourth-order valence-electron chi connectivity index (χ4n) is 8.43. The number of esters is 2. The zero-order valence-electron chi connectivity index (χ0n) is 45.8. The molecule has 422 valence electrons. The highest BCUT2D eigenvalue weighted by Crippen LogP contribution is 2.29. The Morgan fingerprint density at radius 3 is 2.04 bits per heavy atom. The molecule has 3 aliphatic heterocycles. The van der Waals surface area contributed by atoms with Gasteiger partial charge in [0, 0.05) is 26.0 Å². The van der Waals surface area contributed by atoms with Crippen molar-refractivity contribution < 1.29 is 72.7 Å². The number of cyclic esters (lactones) is 1. The fraction of sp³-hybridized carbons (Fsp3) is 0.611. The molecule has 1 fully saturated rings. The summed E-state index contributed by atoms with van der Waals surface area (Å²) in [6.45, 7) is 16.1. The summed E-state index contributed by atoms with van der Waals surface area (Å²) < 4.78 is 17.3. The quantitative estimate of drug-likeness (QED) is 0.147. The van der Waals surface area contributed by atoms with Gasteiger partial charge in [0.1, 0.15) is 61.2 Å². The van der Waals surface area contributed by atoms with Crippen LogP contribution in [-0.2, 0) is 63.8 Å². The van der Waals surface area contributed by atoms with Crippen LogP contribution in [0.1, 0.15) is 107 Å². The Kier molecular flexibility index (Phi) is 24.8. The fourth-order valence-corrected chi connectivity index (χ4v) is 8.43. The number of ether oxygens (including phenoxy) is 3. The number of likely N-dealkylation sites (N-methyl/N-ethyl adjacent to an activating group) is 1. The molecule has 22 heteroatoms. The SMILES string of the molecule is CC.CC[C@H](C)[C@H]1NC(=O)[C@@H](NC(=O)[C@H](C)[C@H](O)C(C)C)[C@@H](C)OC(=O)[C@@H]2COC(=O)CNC(=O)/C=C/[C@](O)(CC)[C@@H](C)OC3=CC=C(CC3)[C@H](NC1=O)C(=O)N(C)[C@@H](Cc1ccccc1)C(=O)N[C@H]([C@@H](C)O)C(=O)N2. The number of nitrogens with zero attached hydrogens (tertiary/aromatic N) is 1. The van der Waals surface area contributed by atoms with Crippen LogP contribution in [0.15, 0.2) is 66.0 Å². The first-order chi connectivity index (χ1) is 35.8. The van der Waals surface area contributed by atoms with Gasteiger partial charge < -0.3 is 66.3 Å². The van der Waals surface area contributed by atoms with E-state index in [1.165, 1.54) is 33.9 Å². The molecule has 1 aliphatic carbocycles. The summed E-state index contributed by atoms with van der Waals surface area (Å²) in [5.41, 5.74) is -0.786. The van der Waals surface area contributed by atoms with Crippen molar-refractivity contribution in [3.05, 3.63) is 71.5 Å². The number of benzene rings is 1. The molecule has 1 aromatic rings. The Morgan fingerprint density at radius 2 is 1.46 bits per heavy atom. The average molecular weight is 1070 g/mol. The number of aliphatic hydroxyl groups is 3. The van der Waals surface area contributed by atoms with E-state index in [1.54, 1.807) is 84.0 Å². The maximum Gasteiger partial charge on any atom is 0.332 e. The number of hydrogen-bond acceptors (Lipinski definition) is 15. The van der Waals surface area contributed by atoms with Crippen LogP contribution in [-0.4, -0.2) is 160 Å². The van der Waals surface area contributed by atoms with Gasteiger partial charge in [-0.2, -0.15) is 0 Å². The van der Waals surface area contributed by atoms with Gasteiger partial charge in [-0.15, -0.1) is 0 Å². The minimum absolute atomic E-state index is 0.0835. The molecule has 1 aromatic carbocycles. The number of amides is 7. The van der Waals surface area contributed by atoms with Crippen molar-refractivity contribution >= 4 is 53.3 Å². The van der Waals surface area contributed by atoms with E-state index in [9.17, 15) is 53.7 Å². The van der Waals surface area contributed by atoms with Gasteiger partial charge in [0.05, 0.1) is 23.9 Å². The molecule has 1 saturated heterocycles. The number of nitrogens with one attached hydrogen (secondary N) is 6. The van der Waals surface area contributed by atoms with Crippen molar-refractivity contribution in [2.45, 2.75) is 175 Å². The summed E-state index contributed by atoms with van der Waals surface area (Å²) in [6.07, 6.45) is 0.343. The number of aliphatic hydroxyl groups excluding tert-OH is 2. The molecule has 0 aromatic heterocycles. The Bertz CT molecular complexity index is 2300. The highest BCUT2D eigenvalue weighted by molar-refractivity contribution is 5.99. The first kappa shape index (κ1) is 63.6. The second-order valence-corrected chi connectivity index (χ2v) is 19.6. The Morgan fingerprint density at radius 1 is 0.829 bits per heavy atom. The first-order valence-corrected chi connectivity index (χ1v) is 26.1. The molecule has 0 saturated carbocycles. The normalized spacial score (nSPS) is 28.9. The van der Waals surface area contributed by atoms with E-state index in [0.717, 1.165) is 11.0 Å². The molecule has 4 aliphatic rings. The molecule has 3 heterocycles. The smallest absolute Gasteiger partial charge is 0.332 e. The zero-order valence-corrected chi connectivity index (χ0v) is 45.8. The summed E-state index contributed by atoms with van der Waals surface area (Å²) in [5, 5.41) is 48.7. The third kappa shape index (κ3) is 17.5. The van der Waals surface area contributed by atoms with E-state index in [-0.39, 0.29) is 25.7 Å². The molecule has 9 N–H and O–H groups in total. The van der Waals surface area contributed by atoms with Crippen molar-refractivity contribution in [2.75, 3.05) is 20.2 Å². The van der Waals surface area contributed by atoms with Crippen LogP contribution >= 0.6 is 0 Å². The number of rotatable bonds is 10. The van der Waals surface area contributed by atoms with Crippen molar-refractivity contribution in [1.82, 2.24) is 36.8 Å². The van der Waals surface area contributed by atoms with Gasteiger partial charge in [-0.3, -0.25) is 38.4 Å². The topological polar surface area (TPSA) is 317 Å². The molecular formula is C54H81N7O15. The lowest BCUT2D eigenvalue weighted by molar-refractivity contribution is -0.160. The molecule has 13 atom stereocenters. The van der Waals surface area contributed by atoms with Crippen LogP contribution in [0.2, 0.25) is 0 Å². The molecule has 0 unspecified atom stereocenters. The Balaban J connectivity index is 0.00000751. The van der Waals surface area contributed by atoms with Crippen LogP contribution in [0.3, 0.4) is 0 Å². The van der Waals surface area contributed by atoms with Crippen molar-refractivity contribution in [3.63, 3.8) is 0 Å². The van der Waals surface area contributed by atoms with Gasteiger partial charge in [-0.25, -0.2) is 4.79 Å². The number of carbonyl (C=O) groups is 9. The van der Waals surface area contributed by atoms with E-state index in [1.807, 2.05) is 13.8 Å². The molecule has 0 radical (unpaired) electrons. The average Bonchev–Trinajstić information content (AvgIpc) is 3.40. The minimum Gasteiger partial charge on any atom is -0.492 e. The third-order valence-corrected chi connectivity index (χ3v) is 13.8. The van der Waals surface area contributed by atoms with Gasteiger partial charge in [0.25, 0.3) is 0 Å². The third-order valence-electron chi connectivity index (χ3n) is 13.8. The van der Waals surface area contributed by atoms with Crippen molar-refractivity contribution in [1.29, 1.82) is 0 Å². The molecule has 5 rings (SSSR count). The van der Waals surface area contributed by atoms with Crippen LogP contribution in [0.4, 0.5) is 0 Å². The summed E-state index contributed by atoms with van der Waals surface area (Å²) in [5.74, 6) is -10.7. The summed E-state index contributed by atoms with van der Waals surface area (Å²) in [4.78, 5) is 129. The van der Waals surface area contributed by atoms with Crippen LogP contribution < -0.4 is 31.9 Å². The number of hydrogen-bond donors (Lipinski definition) is 9. The van der Waals surface area contributed by atoms with E-state index >= 15 is 4.79 Å². The maximum atomic E-state index is 15.2. The predicted octanol–water partition coefficient (Wildman–Crippen LogP) is 0.911. The minimum atomic E-state index is -1.96. The summed E-state index contributed by atoms with van der Waals surface area (Å²) in [7, 11) is 1.33. The van der Waals surface area contributed by atoms with Crippen molar-refractivity contribution in [3.8, 4) is 0 Å². The van der Waals surface area contributed by atoms with Crippen LogP contribution in [0, 0.1) is 17.8 Å². The maximum absolute atomic E-state index is 15.2. The molecule has 22 nitrogen and oxygen atoms in total.